The molecule has 1 saturated heterocycles. The van der Waals surface area contributed by atoms with Crippen molar-refractivity contribution in [2.24, 2.45) is 7.05 Å². The number of rotatable bonds is 7. The molecule has 1 unspecified atom stereocenters. The first kappa shape index (κ1) is 17.6. The molecular weight excluding hydrogens is 318 g/mol. The van der Waals surface area contributed by atoms with Crippen LogP contribution in [0, 0.1) is 0 Å². The number of piperidine rings is 1. The number of aromatic nitrogens is 4. The SMILES string of the molecule is CCCCc1noc(C2CCCCN2C(=O)CCc2cnn(C)c2)n1. The highest BCUT2D eigenvalue weighted by Crippen LogP contribution is 2.30. The first-order valence-corrected chi connectivity index (χ1v) is 9.27. The Morgan fingerprint density at radius 1 is 1.36 bits per heavy atom. The summed E-state index contributed by atoms with van der Waals surface area (Å²) in [6.45, 7) is 2.91. The van der Waals surface area contributed by atoms with Gasteiger partial charge in [0.2, 0.25) is 11.8 Å². The molecule has 0 saturated carbocycles. The highest BCUT2D eigenvalue weighted by molar-refractivity contribution is 5.77. The lowest BCUT2D eigenvalue weighted by molar-refractivity contribution is -0.135. The highest BCUT2D eigenvalue weighted by Gasteiger charge is 2.31. The maximum absolute atomic E-state index is 12.7. The smallest absolute Gasteiger partial charge is 0.249 e. The van der Waals surface area contributed by atoms with Gasteiger partial charge in [-0.2, -0.15) is 10.1 Å². The van der Waals surface area contributed by atoms with Crippen LogP contribution in [0.4, 0.5) is 0 Å². The monoisotopic (exact) mass is 345 g/mol. The van der Waals surface area contributed by atoms with E-state index in [4.69, 9.17) is 4.52 Å². The lowest BCUT2D eigenvalue weighted by atomic mass is 10.0. The summed E-state index contributed by atoms with van der Waals surface area (Å²) in [6.07, 6.45) is 11.0. The Morgan fingerprint density at radius 2 is 2.24 bits per heavy atom. The van der Waals surface area contributed by atoms with Crippen LogP contribution >= 0.6 is 0 Å². The van der Waals surface area contributed by atoms with Crippen LogP contribution in [-0.2, 0) is 24.7 Å². The van der Waals surface area contributed by atoms with E-state index < -0.39 is 0 Å². The Kier molecular flexibility index (Phi) is 5.83. The van der Waals surface area contributed by atoms with Gasteiger partial charge in [0, 0.05) is 32.6 Å². The Labute approximate surface area is 148 Å². The van der Waals surface area contributed by atoms with Gasteiger partial charge in [0.15, 0.2) is 5.82 Å². The fourth-order valence-electron chi connectivity index (χ4n) is 3.32. The van der Waals surface area contributed by atoms with E-state index in [9.17, 15) is 4.79 Å². The van der Waals surface area contributed by atoms with Crippen LogP contribution in [0.25, 0.3) is 0 Å². The summed E-state index contributed by atoms with van der Waals surface area (Å²) in [7, 11) is 1.89. The van der Waals surface area contributed by atoms with Crippen LogP contribution in [0.5, 0.6) is 0 Å². The molecule has 1 aliphatic heterocycles. The molecule has 3 rings (SSSR count). The number of nitrogens with zero attached hydrogens (tertiary/aromatic N) is 5. The number of likely N-dealkylation sites (tertiary alicyclic amines) is 1. The molecule has 0 aromatic carbocycles. The first-order valence-electron chi connectivity index (χ1n) is 9.27. The first-order chi connectivity index (χ1) is 12.2. The maximum atomic E-state index is 12.7. The molecule has 136 valence electrons. The van der Waals surface area contributed by atoms with Crippen molar-refractivity contribution in [1.29, 1.82) is 0 Å². The topological polar surface area (TPSA) is 77.0 Å². The molecule has 2 aromatic heterocycles. The fourth-order valence-corrected chi connectivity index (χ4v) is 3.32. The van der Waals surface area contributed by atoms with E-state index in [2.05, 4.69) is 22.2 Å². The van der Waals surface area contributed by atoms with E-state index in [0.717, 1.165) is 56.5 Å². The molecule has 0 radical (unpaired) electrons. The Morgan fingerprint density at radius 3 is 3.00 bits per heavy atom. The van der Waals surface area contributed by atoms with E-state index in [1.807, 2.05) is 24.3 Å². The Hall–Kier alpha value is -2.18. The lowest BCUT2D eigenvalue weighted by Gasteiger charge is -2.33. The second kappa shape index (κ2) is 8.27. The summed E-state index contributed by atoms with van der Waals surface area (Å²) in [4.78, 5) is 19.2. The van der Waals surface area contributed by atoms with Gasteiger partial charge in [0.25, 0.3) is 0 Å². The van der Waals surface area contributed by atoms with Crippen molar-refractivity contribution in [3.63, 3.8) is 0 Å². The van der Waals surface area contributed by atoms with Crippen molar-refractivity contribution >= 4 is 5.91 Å². The lowest BCUT2D eigenvalue weighted by Crippen LogP contribution is -2.38. The number of carbonyl (C=O) groups is 1. The second-order valence-corrected chi connectivity index (χ2v) is 6.77. The van der Waals surface area contributed by atoms with Gasteiger partial charge in [-0.05, 0) is 37.7 Å². The van der Waals surface area contributed by atoms with E-state index >= 15 is 0 Å². The van der Waals surface area contributed by atoms with Crippen LogP contribution in [0.15, 0.2) is 16.9 Å². The van der Waals surface area contributed by atoms with Gasteiger partial charge in [0.05, 0.1) is 6.20 Å². The molecule has 7 nitrogen and oxygen atoms in total. The van der Waals surface area contributed by atoms with Crippen LogP contribution in [-0.4, -0.2) is 37.3 Å². The molecule has 3 heterocycles. The molecule has 0 N–H and O–H groups in total. The highest BCUT2D eigenvalue weighted by atomic mass is 16.5. The van der Waals surface area contributed by atoms with Crippen LogP contribution in [0.3, 0.4) is 0 Å². The minimum Gasteiger partial charge on any atom is -0.337 e. The number of hydrogen-bond donors (Lipinski definition) is 0. The summed E-state index contributed by atoms with van der Waals surface area (Å²) in [5.74, 6) is 1.51. The third kappa shape index (κ3) is 4.46. The van der Waals surface area contributed by atoms with Crippen LogP contribution in [0.2, 0.25) is 0 Å². The van der Waals surface area contributed by atoms with E-state index in [1.165, 1.54) is 0 Å². The molecule has 1 aliphatic rings. The zero-order chi connectivity index (χ0) is 17.6. The third-order valence-corrected chi connectivity index (χ3v) is 4.73. The number of carbonyl (C=O) groups excluding carboxylic acids is 1. The van der Waals surface area contributed by atoms with Gasteiger partial charge in [-0.3, -0.25) is 9.48 Å². The van der Waals surface area contributed by atoms with Gasteiger partial charge in [-0.25, -0.2) is 0 Å². The van der Waals surface area contributed by atoms with Crippen molar-refractivity contribution in [2.45, 2.75) is 64.3 Å². The van der Waals surface area contributed by atoms with E-state index in [0.29, 0.717) is 18.7 Å². The van der Waals surface area contributed by atoms with E-state index in [-0.39, 0.29) is 11.9 Å². The third-order valence-electron chi connectivity index (χ3n) is 4.73. The quantitative estimate of drug-likeness (QED) is 0.771. The van der Waals surface area contributed by atoms with Crippen molar-refractivity contribution in [1.82, 2.24) is 24.8 Å². The number of hydrogen-bond acceptors (Lipinski definition) is 5. The molecule has 1 amide bonds. The molecule has 2 aromatic rings. The minimum absolute atomic E-state index is 0.0713. The predicted octanol–water partition coefficient (Wildman–Crippen LogP) is 2.83. The molecular formula is C18H27N5O2. The number of amides is 1. The van der Waals surface area contributed by atoms with Gasteiger partial charge < -0.3 is 9.42 Å². The van der Waals surface area contributed by atoms with Gasteiger partial charge in [-0.1, -0.05) is 18.5 Å². The zero-order valence-corrected chi connectivity index (χ0v) is 15.1. The van der Waals surface area contributed by atoms with E-state index in [1.54, 1.807) is 4.68 Å². The predicted molar refractivity (Wildman–Crippen MR) is 92.7 cm³/mol. The molecule has 0 aliphatic carbocycles. The Balaban J connectivity index is 1.63. The van der Waals surface area contributed by atoms with Gasteiger partial charge in [-0.15, -0.1) is 0 Å². The molecule has 1 fully saturated rings. The standard InChI is InChI=1S/C18H27N5O2/c1-3-4-8-16-20-18(25-21-16)15-7-5-6-11-23(15)17(24)10-9-14-12-19-22(2)13-14/h12-13,15H,3-11H2,1-2H3. The summed E-state index contributed by atoms with van der Waals surface area (Å²) >= 11 is 0. The van der Waals surface area contributed by atoms with Crippen molar-refractivity contribution in [3.05, 3.63) is 29.7 Å². The molecule has 0 bridgehead atoms. The number of unbranched alkanes of at least 4 members (excludes halogenated alkanes) is 1. The molecule has 25 heavy (non-hydrogen) atoms. The summed E-state index contributed by atoms with van der Waals surface area (Å²) in [5, 5.41) is 8.24. The normalized spacial score (nSPS) is 17.8. The van der Waals surface area contributed by atoms with Crippen molar-refractivity contribution in [3.8, 4) is 0 Å². The average Bonchev–Trinajstić information content (AvgIpc) is 3.27. The Bertz CT molecular complexity index is 693. The summed E-state index contributed by atoms with van der Waals surface area (Å²) in [6, 6.07) is -0.0713. The fraction of sp³-hybridized carbons (Fsp3) is 0.667. The van der Waals surface area contributed by atoms with Gasteiger partial charge >= 0.3 is 0 Å². The minimum atomic E-state index is -0.0713. The second-order valence-electron chi connectivity index (χ2n) is 6.77. The molecule has 7 heteroatoms. The van der Waals surface area contributed by atoms with Crippen molar-refractivity contribution < 1.29 is 9.32 Å². The maximum Gasteiger partial charge on any atom is 0.249 e. The largest absolute Gasteiger partial charge is 0.337 e. The van der Waals surface area contributed by atoms with Crippen molar-refractivity contribution in [2.75, 3.05) is 6.54 Å². The molecule has 0 spiro atoms. The van der Waals surface area contributed by atoms with Crippen LogP contribution < -0.4 is 0 Å². The summed E-state index contributed by atoms with van der Waals surface area (Å²) in [5.41, 5.74) is 1.09. The summed E-state index contributed by atoms with van der Waals surface area (Å²) < 4.78 is 7.24. The van der Waals surface area contributed by atoms with Gasteiger partial charge in [0.1, 0.15) is 6.04 Å². The number of aryl methyl sites for hydroxylation is 3. The average molecular weight is 345 g/mol. The van der Waals surface area contributed by atoms with Crippen LogP contribution in [0.1, 0.15) is 68.8 Å². The zero-order valence-electron chi connectivity index (χ0n) is 15.1. The molecule has 1 atom stereocenters.